The molecule has 0 heterocycles. The molecule has 0 aromatic heterocycles. The van der Waals surface area contributed by atoms with Crippen molar-refractivity contribution in [2.75, 3.05) is 0 Å². The summed E-state index contributed by atoms with van der Waals surface area (Å²) >= 11 is 3.31. The summed E-state index contributed by atoms with van der Waals surface area (Å²) in [4.78, 5) is 22.3. The molecular formula is C19H12BrNO5. The van der Waals surface area contributed by atoms with E-state index in [0.717, 1.165) is 4.47 Å². The van der Waals surface area contributed by atoms with Crippen LogP contribution in [-0.4, -0.2) is 10.9 Å². The van der Waals surface area contributed by atoms with Gasteiger partial charge < -0.3 is 9.47 Å². The van der Waals surface area contributed by atoms with Crippen molar-refractivity contribution >= 4 is 27.6 Å². The number of nitrogens with zero attached hydrogens (tertiary/aromatic N) is 1. The van der Waals surface area contributed by atoms with Crippen LogP contribution < -0.4 is 9.47 Å². The van der Waals surface area contributed by atoms with Crippen molar-refractivity contribution in [1.29, 1.82) is 0 Å². The van der Waals surface area contributed by atoms with Gasteiger partial charge in [-0.1, -0.05) is 15.9 Å². The highest BCUT2D eigenvalue weighted by molar-refractivity contribution is 9.10. The van der Waals surface area contributed by atoms with Gasteiger partial charge in [-0.3, -0.25) is 10.1 Å². The second-order valence-corrected chi connectivity index (χ2v) is 6.14. The summed E-state index contributed by atoms with van der Waals surface area (Å²) in [6.45, 7) is 0. The maximum atomic E-state index is 12.1. The molecule has 3 aromatic rings. The van der Waals surface area contributed by atoms with Crippen LogP contribution in [0.3, 0.4) is 0 Å². The molecule has 3 rings (SSSR count). The van der Waals surface area contributed by atoms with Crippen molar-refractivity contribution in [1.82, 2.24) is 0 Å². The number of non-ortho nitro benzene ring substituents is 1. The third-order valence-corrected chi connectivity index (χ3v) is 3.93. The zero-order valence-corrected chi connectivity index (χ0v) is 14.9. The van der Waals surface area contributed by atoms with E-state index in [4.69, 9.17) is 9.47 Å². The molecule has 0 aliphatic rings. The molecule has 0 bridgehead atoms. The molecule has 0 amide bonds. The molecule has 0 fully saturated rings. The molecule has 0 spiro atoms. The number of nitro benzene ring substituents is 1. The largest absolute Gasteiger partial charge is 0.457 e. The zero-order chi connectivity index (χ0) is 18.5. The van der Waals surface area contributed by atoms with E-state index in [1.807, 2.05) is 0 Å². The van der Waals surface area contributed by atoms with Crippen molar-refractivity contribution in [3.05, 3.63) is 92.9 Å². The number of carbonyl (C=O) groups is 1. The first-order valence-corrected chi connectivity index (χ1v) is 8.31. The van der Waals surface area contributed by atoms with E-state index >= 15 is 0 Å². The highest BCUT2D eigenvalue weighted by atomic mass is 79.9. The van der Waals surface area contributed by atoms with Crippen LogP contribution in [0.4, 0.5) is 5.69 Å². The lowest BCUT2D eigenvalue weighted by Crippen LogP contribution is -2.08. The Kier molecular flexibility index (Phi) is 5.28. The third-order valence-electron chi connectivity index (χ3n) is 3.40. The van der Waals surface area contributed by atoms with Gasteiger partial charge in [0.2, 0.25) is 0 Å². The number of carbonyl (C=O) groups excluding carboxylic acids is 1. The Labute approximate surface area is 157 Å². The highest BCUT2D eigenvalue weighted by Gasteiger charge is 2.10. The Bertz CT molecular complexity index is 922. The normalized spacial score (nSPS) is 10.2. The van der Waals surface area contributed by atoms with Crippen molar-refractivity contribution in [2.45, 2.75) is 0 Å². The lowest BCUT2D eigenvalue weighted by atomic mass is 10.2. The fraction of sp³-hybridized carbons (Fsp3) is 0. The third kappa shape index (κ3) is 4.46. The van der Waals surface area contributed by atoms with Gasteiger partial charge >= 0.3 is 5.97 Å². The predicted octanol–water partition coefficient (Wildman–Crippen LogP) is 5.37. The lowest BCUT2D eigenvalue weighted by molar-refractivity contribution is -0.384. The summed E-state index contributed by atoms with van der Waals surface area (Å²) < 4.78 is 11.8. The Hall–Kier alpha value is -3.19. The minimum absolute atomic E-state index is 0.0108. The fourth-order valence-corrected chi connectivity index (χ4v) is 2.36. The van der Waals surface area contributed by atoms with Gasteiger partial charge in [0.05, 0.1) is 10.5 Å². The number of ether oxygens (including phenoxy) is 2. The van der Waals surface area contributed by atoms with E-state index in [2.05, 4.69) is 15.9 Å². The van der Waals surface area contributed by atoms with E-state index < -0.39 is 10.9 Å². The minimum atomic E-state index is -0.478. The van der Waals surface area contributed by atoms with Crippen molar-refractivity contribution in [3.8, 4) is 17.2 Å². The first-order valence-electron chi connectivity index (χ1n) is 7.51. The van der Waals surface area contributed by atoms with Crippen LogP contribution >= 0.6 is 15.9 Å². The summed E-state index contributed by atoms with van der Waals surface area (Å²) in [5.41, 5.74) is 0.368. The summed E-state index contributed by atoms with van der Waals surface area (Å²) in [5, 5.41) is 10.6. The van der Waals surface area contributed by atoms with Gasteiger partial charge in [0, 0.05) is 16.6 Å². The molecule has 3 aromatic carbocycles. The van der Waals surface area contributed by atoms with Gasteiger partial charge in [-0.15, -0.1) is 0 Å². The molecule has 26 heavy (non-hydrogen) atoms. The van der Waals surface area contributed by atoms with Crippen molar-refractivity contribution in [3.63, 3.8) is 0 Å². The molecule has 0 N–H and O–H groups in total. The molecule has 0 radical (unpaired) electrons. The minimum Gasteiger partial charge on any atom is -0.457 e. The van der Waals surface area contributed by atoms with Crippen LogP contribution in [-0.2, 0) is 0 Å². The molecule has 6 nitrogen and oxygen atoms in total. The van der Waals surface area contributed by atoms with Gasteiger partial charge in [0.25, 0.3) is 5.69 Å². The van der Waals surface area contributed by atoms with Crippen molar-refractivity contribution < 1.29 is 19.2 Å². The number of esters is 1. The van der Waals surface area contributed by atoms with E-state index in [1.54, 1.807) is 48.5 Å². The summed E-state index contributed by atoms with van der Waals surface area (Å²) in [7, 11) is 0. The molecule has 0 saturated heterocycles. The average molecular weight is 414 g/mol. The summed E-state index contributed by atoms with van der Waals surface area (Å²) in [6.07, 6.45) is 0. The summed E-state index contributed by atoms with van der Waals surface area (Å²) in [5.74, 6) is 0.929. The number of benzene rings is 3. The molecule has 0 aliphatic carbocycles. The highest BCUT2D eigenvalue weighted by Crippen LogP contribution is 2.24. The Morgan fingerprint density at radius 2 is 1.31 bits per heavy atom. The predicted molar refractivity (Wildman–Crippen MR) is 98.7 cm³/mol. The fourth-order valence-electron chi connectivity index (χ4n) is 2.10. The van der Waals surface area contributed by atoms with Crippen LogP contribution in [0.1, 0.15) is 10.4 Å². The molecular weight excluding hydrogens is 402 g/mol. The maximum absolute atomic E-state index is 12.1. The summed E-state index contributed by atoms with van der Waals surface area (Å²) in [6, 6.07) is 19.1. The topological polar surface area (TPSA) is 78.7 Å². The van der Waals surface area contributed by atoms with E-state index in [1.165, 1.54) is 24.3 Å². The maximum Gasteiger partial charge on any atom is 0.343 e. The lowest BCUT2D eigenvalue weighted by Gasteiger charge is -2.07. The number of hydrogen-bond donors (Lipinski definition) is 0. The Morgan fingerprint density at radius 3 is 1.85 bits per heavy atom. The second kappa shape index (κ2) is 7.79. The smallest absolute Gasteiger partial charge is 0.343 e. The van der Waals surface area contributed by atoms with Gasteiger partial charge in [0.1, 0.15) is 17.2 Å². The van der Waals surface area contributed by atoms with E-state index in [9.17, 15) is 14.9 Å². The Balaban J connectivity index is 1.64. The Morgan fingerprint density at radius 1 is 0.808 bits per heavy atom. The molecule has 7 heteroatoms. The number of hydrogen-bond acceptors (Lipinski definition) is 5. The van der Waals surface area contributed by atoms with Crippen LogP contribution in [0.25, 0.3) is 0 Å². The number of rotatable bonds is 5. The first kappa shape index (κ1) is 17.6. The van der Waals surface area contributed by atoms with Gasteiger partial charge in [-0.05, 0) is 60.7 Å². The van der Waals surface area contributed by atoms with Crippen molar-refractivity contribution in [2.24, 2.45) is 0 Å². The molecule has 0 atom stereocenters. The van der Waals surface area contributed by atoms with Crippen LogP contribution in [0.15, 0.2) is 77.3 Å². The molecule has 0 aliphatic heterocycles. The van der Waals surface area contributed by atoms with Gasteiger partial charge in [0.15, 0.2) is 0 Å². The standard InChI is InChI=1S/C19H12BrNO5/c20-14-3-9-18(10-4-14)26-19(22)13-1-7-16(8-2-13)25-17-11-5-15(6-12-17)21(23)24/h1-12H. The monoisotopic (exact) mass is 413 g/mol. The van der Waals surface area contributed by atoms with Crippen LogP contribution in [0.5, 0.6) is 17.2 Å². The van der Waals surface area contributed by atoms with Crippen LogP contribution in [0.2, 0.25) is 0 Å². The van der Waals surface area contributed by atoms with Gasteiger partial charge in [-0.2, -0.15) is 0 Å². The SMILES string of the molecule is O=C(Oc1ccc(Br)cc1)c1ccc(Oc2ccc([N+](=O)[O-])cc2)cc1. The number of nitro groups is 1. The number of halogens is 1. The molecule has 0 unspecified atom stereocenters. The van der Waals surface area contributed by atoms with E-state index in [-0.39, 0.29) is 5.69 Å². The second-order valence-electron chi connectivity index (χ2n) is 5.22. The average Bonchev–Trinajstić information content (AvgIpc) is 2.64. The first-order chi connectivity index (χ1) is 12.5. The zero-order valence-electron chi connectivity index (χ0n) is 13.3. The van der Waals surface area contributed by atoms with Crippen LogP contribution in [0, 0.1) is 10.1 Å². The molecule has 130 valence electrons. The van der Waals surface area contributed by atoms with E-state index in [0.29, 0.717) is 22.8 Å². The molecule has 0 saturated carbocycles. The van der Waals surface area contributed by atoms with Gasteiger partial charge in [-0.25, -0.2) is 4.79 Å². The quantitative estimate of drug-likeness (QED) is 0.243.